The maximum atomic E-state index is 11.6. The minimum absolute atomic E-state index is 0.104. The summed E-state index contributed by atoms with van der Waals surface area (Å²) in [6.45, 7) is 2.42. The summed E-state index contributed by atoms with van der Waals surface area (Å²) in [7, 11) is 1.93. The van der Waals surface area contributed by atoms with Crippen molar-refractivity contribution in [3.8, 4) is 5.75 Å². The predicted molar refractivity (Wildman–Crippen MR) is 75.3 cm³/mol. The molecule has 0 radical (unpaired) electrons. The van der Waals surface area contributed by atoms with Crippen LogP contribution in [-0.2, 0) is 4.79 Å². The number of fused-ring (bicyclic) bond motifs is 1. The van der Waals surface area contributed by atoms with E-state index in [1.54, 1.807) is 6.92 Å². The van der Waals surface area contributed by atoms with Crippen molar-refractivity contribution in [1.29, 1.82) is 0 Å². The Bertz CT molecular complexity index is 462. The Hall–Kier alpha value is -1.59. The third-order valence-electron chi connectivity index (χ3n) is 3.38. The van der Waals surface area contributed by atoms with Gasteiger partial charge in [-0.25, -0.2) is 0 Å². The van der Waals surface area contributed by atoms with Crippen molar-refractivity contribution in [2.24, 2.45) is 5.73 Å². The fraction of sp³-hybridized carbons (Fsp3) is 0.500. The Balaban J connectivity index is 2.20. The Morgan fingerprint density at radius 1 is 1.53 bits per heavy atom. The molecule has 2 rings (SSSR count). The molecule has 0 aliphatic carbocycles. The molecule has 2 unspecified atom stereocenters. The average molecular weight is 263 g/mol. The van der Waals surface area contributed by atoms with Crippen molar-refractivity contribution < 1.29 is 9.53 Å². The number of amides is 1. The van der Waals surface area contributed by atoms with Crippen LogP contribution in [0.4, 0.5) is 5.69 Å². The largest absolute Gasteiger partial charge is 0.479 e. The molecule has 19 heavy (non-hydrogen) atoms. The smallest absolute Gasteiger partial charge is 0.265 e. The van der Waals surface area contributed by atoms with Gasteiger partial charge >= 0.3 is 0 Å². The molecule has 0 saturated carbocycles. The van der Waals surface area contributed by atoms with Crippen molar-refractivity contribution in [3.05, 3.63) is 23.8 Å². The van der Waals surface area contributed by atoms with Gasteiger partial charge in [0, 0.05) is 6.04 Å². The van der Waals surface area contributed by atoms with E-state index < -0.39 is 6.10 Å². The molecule has 5 heteroatoms. The molecule has 1 amide bonds. The van der Waals surface area contributed by atoms with E-state index in [1.807, 2.05) is 25.2 Å². The van der Waals surface area contributed by atoms with Crippen LogP contribution in [0.5, 0.6) is 5.75 Å². The molecule has 1 aromatic carbocycles. The molecule has 0 saturated heterocycles. The molecule has 0 fully saturated rings. The summed E-state index contributed by atoms with van der Waals surface area (Å²) in [4.78, 5) is 11.6. The third-order valence-corrected chi connectivity index (χ3v) is 3.38. The number of benzene rings is 1. The number of hydrogen-bond donors (Lipinski definition) is 3. The minimum atomic E-state index is -0.435. The van der Waals surface area contributed by atoms with Crippen LogP contribution >= 0.6 is 0 Å². The van der Waals surface area contributed by atoms with E-state index >= 15 is 0 Å². The quantitative estimate of drug-likeness (QED) is 0.750. The summed E-state index contributed by atoms with van der Waals surface area (Å²) in [6.07, 6.45) is 1.50. The number of nitrogens with two attached hydrogens (primary N) is 1. The number of carbonyl (C=O) groups excluding carboxylic acids is 1. The Labute approximate surface area is 113 Å². The van der Waals surface area contributed by atoms with Gasteiger partial charge < -0.3 is 21.1 Å². The Morgan fingerprint density at radius 2 is 2.32 bits per heavy atom. The second-order valence-electron chi connectivity index (χ2n) is 4.78. The Morgan fingerprint density at radius 3 is 3.00 bits per heavy atom. The molecular formula is C14H21N3O2. The molecule has 0 bridgehead atoms. The lowest BCUT2D eigenvalue weighted by Gasteiger charge is -2.25. The summed E-state index contributed by atoms with van der Waals surface area (Å²) in [5.74, 6) is 0.622. The summed E-state index contributed by atoms with van der Waals surface area (Å²) >= 11 is 0. The van der Waals surface area contributed by atoms with Gasteiger partial charge in [0.25, 0.3) is 5.91 Å². The van der Waals surface area contributed by atoms with Gasteiger partial charge in [0.2, 0.25) is 0 Å². The number of nitrogens with one attached hydrogen (secondary N) is 2. The zero-order valence-electron chi connectivity index (χ0n) is 11.4. The molecule has 1 aromatic rings. The molecular weight excluding hydrogens is 242 g/mol. The zero-order valence-corrected chi connectivity index (χ0v) is 11.4. The highest BCUT2D eigenvalue weighted by Crippen LogP contribution is 2.32. The summed E-state index contributed by atoms with van der Waals surface area (Å²) in [6, 6.07) is 6.15. The van der Waals surface area contributed by atoms with Gasteiger partial charge in [-0.05, 0) is 51.1 Å². The highest BCUT2D eigenvalue weighted by Gasteiger charge is 2.24. The third kappa shape index (κ3) is 3.05. The first-order valence-corrected chi connectivity index (χ1v) is 6.64. The van der Waals surface area contributed by atoms with Crippen LogP contribution in [0.15, 0.2) is 18.2 Å². The molecule has 1 aliphatic heterocycles. The van der Waals surface area contributed by atoms with Crippen LogP contribution in [0.3, 0.4) is 0 Å². The standard InChI is InChI=1S/C14H21N3O2/c1-9-14(18)17-12-8-10(5-6-13(12)19-9)11(16-2)4-3-7-15/h5-6,8-9,11,16H,3-4,7,15H2,1-2H3,(H,17,18). The molecule has 2 atom stereocenters. The Kier molecular flexibility index (Phi) is 4.39. The maximum absolute atomic E-state index is 11.6. The lowest BCUT2D eigenvalue weighted by molar-refractivity contribution is -0.122. The van der Waals surface area contributed by atoms with Crippen LogP contribution in [0.2, 0.25) is 0 Å². The van der Waals surface area contributed by atoms with Crippen LogP contribution < -0.4 is 21.1 Å². The van der Waals surface area contributed by atoms with E-state index in [0.29, 0.717) is 6.54 Å². The van der Waals surface area contributed by atoms with Crippen LogP contribution in [0.1, 0.15) is 31.4 Å². The highest BCUT2D eigenvalue weighted by atomic mass is 16.5. The summed E-state index contributed by atoms with van der Waals surface area (Å²) in [5.41, 5.74) is 7.43. The topological polar surface area (TPSA) is 76.4 Å². The molecule has 0 aromatic heterocycles. The van der Waals surface area contributed by atoms with Crippen molar-refractivity contribution in [2.75, 3.05) is 18.9 Å². The SMILES string of the molecule is CNC(CCCN)c1ccc2c(c1)NC(=O)C(C)O2. The zero-order chi connectivity index (χ0) is 13.8. The molecule has 4 N–H and O–H groups in total. The lowest BCUT2D eigenvalue weighted by atomic mass is 10.0. The van der Waals surface area contributed by atoms with Crippen molar-refractivity contribution in [3.63, 3.8) is 0 Å². The lowest BCUT2D eigenvalue weighted by Crippen LogP contribution is -2.34. The average Bonchev–Trinajstić information content (AvgIpc) is 2.41. The molecule has 1 aliphatic rings. The highest BCUT2D eigenvalue weighted by molar-refractivity contribution is 5.97. The van der Waals surface area contributed by atoms with E-state index in [2.05, 4.69) is 10.6 Å². The van der Waals surface area contributed by atoms with E-state index in [9.17, 15) is 4.79 Å². The molecule has 5 nitrogen and oxygen atoms in total. The monoisotopic (exact) mass is 263 g/mol. The van der Waals surface area contributed by atoms with Crippen LogP contribution in [0, 0.1) is 0 Å². The van der Waals surface area contributed by atoms with Crippen LogP contribution in [-0.4, -0.2) is 25.6 Å². The number of ether oxygens (including phenoxy) is 1. The van der Waals surface area contributed by atoms with E-state index in [4.69, 9.17) is 10.5 Å². The predicted octanol–water partition coefficient (Wildman–Crippen LogP) is 1.41. The fourth-order valence-electron chi connectivity index (χ4n) is 2.24. The van der Waals surface area contributed by atoms with Crippen molar-refractivity contribution in [1.82, 2.24) is 5.32 Å². The van der Waals surface area contributed by atoms with Crippen LogP contribution in [0.25, 0.3) is 0 Å². The van der Waals surface area contributed by atoms with Gasteiger partial charge in [0.15, 0.2) is 6.10 Å². The van der Waals surface area contributed by atoms with Gasteiger partial charge in [-0.15, -0.1) is 0 Å². The molecule has 1 heterocycles. The first-order chi connectivity index (χ1) is 9.15. The van der Waals surface area contributed by atoms with Gasteiger partial charge in [0.05, 0.1) is 5.69 Å². The van der Waals surface area contributed by atoms with Gasteiger partial charge in [-0.1, -0.05) is 6.07 Å². The summed E-state index contributed by atoms with van der Waals surface area (Å²) < 4.78 is 5.54. The second-order valence-corrected chi connectivity index (χ2v) is 4.78. The number of rotatable bonds is 5. The normalized spacial score (nSPS) is 19.3. The van der Waals surface area contributed by atoms with Crippen molar-refractivity contribution in [2.45, 2.75) is 31.9 Å². The molecule has 0 spiro atoms. The van der Waals surface area contributed by atoms with Crippen molar-refractivity contribution >= 4 is 11.6 Å². The first-order valence-electron chi connectivity index (χ1n) is 6.64. The number of hydrogen-bond acceptors (Lipinski definition) is 4. The van der Waals surface area contributed by atoms with Gasteiger partial charge in [0.1, 0.15) is 5.75 Å². The number of anilines is 1. The number of carbonyl (C=O) groups is 1. The van der Waals surface area contributed by atoms with Gasteiger partial charge in [-0.2, -0.15) is 0 Å². The maximum Gasteiger partial charge on any atom is 0.265 e. The van der Waals surface area contributed by atoms with E-state index in [1.165, 1.54) is 0 Å². The first kappa shape index (κ1) is 13.8. The second kappa shape index (κ2) is 6.04. The molecule has 104 valence electrons. The van der Waals surface area contributed by atoms with E-state index in [0.717, 1.165) is 29.8 Å². The fourth-order valence-corrected chi connectivity index (χ4v) is 2.24. The minimum Gasteiger partial charge on any atom is -0.479 e. The van der Waals surface area contributed by atoms with E-state index in [-0.39, 0.29) is 11.9 Å². The van der Waals surface area contributed by atoms with Gasteiger partial charge in [-0.3, -0.25) is 4.79 Å². The summed E-state index contributed by atoms with van der Waals surface area (Å²) in [5, 5.41) is 6.14.